The number of rotatable bonds is 12. The molecule has 2 aromatic rings. The Kier molecular flexibility index (Phi) is 11.7. The fourth-order valence-electron chi connectivity index (χ4n) is 6.22. The SMILES string of the molecule is COc1ccccc1CNCC1(N2CCN(C(=O)C(Cc3ccc(Cl)cc3Cl)NC(=O)CCN)CC2)CCCCC1. The Morgan fingerprint density at radius 2 is 1.76 bits per heavy atom. The van der Waals surface area contributed by atoms with Gasteiger partial charge >= 0.3 is 0 Å². The number of amides is 2. The summed E-state index contributed by atoms with van der Waals surface area (Å²) in [6.45, 7) is 4.70. The molecule has 0 aromatic heterocycles. The second kappa shape index (κ2) is 15.2. The number of nitrogens with two attached hydrogens (primary N) is 1. The van der Waals surface area contributed by atoms with Crippen LogP contribution in [0.2, 0.25) is 10.0 Å². The molecule has 8 nitrogen and oxygen atoms in total. The molecule has 4 N–H and O–H groups in total. The van der Waals surface area contributed by atoms with E-state index in [4.69, 9.17) is 33.7 Å². The highest BCUT2D eigenvalue weighted by molar-refractivity contribution is 6.35. The van der Waals surface area contributed by atoms with E-state index in [1.165, 1.54) is 19.3 Å². The van der Waals surface area contributed by atoms with Crippen molar-refractivity contribution in [1.82, 2.24) is 20.4 Å². The zero-order valence-electron chi connectivity index (χ0n) is 24.0. The molecule has 1 aliphatic carbocycles. The first-order valence-electron chi connectivity index (χ1n) is 14.6. The van der Waals surface area contributed by atoms with Gasteiger partial charge in [-0.2, -0.15) is 0 Å². The molecule has 0 spiro atoms. The average molecular weight is 605 g/mol. The predicted molar refractivity (Wildman–Crippen MR) is 164 cm³/mol. The molecule has 41 heavy (non-hydrogen) atoms. The number of carbonyl (C=O) groups is 2. The van der Waals surface area contributed by atoms with Gasteiger partial charge in [-0.25, -0.2) is 0 Å². The molecule has 1 saturated carbocycles. The molecule has 10 heteroatoms. The molecule has 2 aliphatic rings. The van der Waals surface area contributed by atoms with Crippen LogP contribution in [0.1, 0.15) is 49.7 Å². The summed E-state index contributed by atoms with van der Waals surface area (Å²) in [5.41, 5.74) is 7.58. The summed E-state index contributed by atoms with van der Waals surface area (Å²) in [4.78, 5) is 30.7. The predicted octanol–water partition coefficient (Wildman–Crippen LogP) is 4.02. The van der Waals surface area contributed by atoms with E-state index < -0.39 is 6.04 Å². The molecule has 2 aromatic carbocycles. The highest BCUT2D eigenvalue weighted by Gasteiger charge is 2.40. The topological polar surface area (TPSA) is 99.9 Å². The van der Waals surface area contributed by atoms with Gasteiger partial charge in [0.25, 0.3) is 0 Å². The first-order chi connectivity index (χ1) is 19.8. The molecular weight excluding hydrogens is 561 g/mol. The van der Waals surface area contributed by atoms with Gasteiger partial charge in [-0.15, -0.1) is 0 Å². The number of nitrogens with one attached hydrogen (secondary N) is 2. The number of ether oxygens (including phenoxy) is 1. The standard InChI is InChI=1S/C31H43Cl2N5O3/c1-41-28-8-4-3-7-24(28)21-35-22-31(12-5-2-6-13-31)38-17-15-37(16-18-38)30(40)27(36-29(39)11-14-34)19-23-9-10-25(32)20-26(23)33/h3-4,7-10,20,27,35H,2,5-6,11-19,21-22,34H2,1H3,(H,36,39). The monoisotopic (exact) mass is 603 g/mol. The lowest BCUT2D eigenvalue weighted by atomic mass is 9.79. The van der Waals surface area contributed by atoms with Gasteiger partial charge in [0.2, 0.25) is 11.8 Å². The summed E-state index contributed by atoms with van der Waals surface area (Å²) in [6.07, 6.45) is 6.45. The smallest absolute Gasteiger partial charge is 0.245 e. The number of methoxy groups -OCH3 is 1. The molecule has 1 atom stereocenters. The van der Waals surface area contributed by atoms with Crippen LogP contribution in [0.4, 0.5) is 0 Å². The number of hydrogen-bond acceptors (Lipinski definition) is 6. The van der Waals surface area contributed by atoms with Crippen LogP contribution in [0.3, 0.4) is 0 Å². The highest BCUT2D eigenvalue weighted by atomic mass is 35.5. The second-order valence-electron chi connectivity index (χ2n) is 11.1. The summed E-state index contributed by atoms with van der Waals surface area (Å²) in [5, 5.41) is 7.64. The first kappa shape index (κ1) is 31.6. The lowest BCUT2D eigenvalue weighted by Gasteiger charge is -2.50. The molecule has 2 fully saturated rings. The first-order valence-corrected chi connectivity index (χ1v) is 15.4. The van der Waals surface area contributed by atoms with E-state index in [2.05, 4.69) is 21.6 Å². The largest absolute Gasteiger partial charge is 0.496 e. The lowest BCUT2D eigenvalue weighted by molar-refractivity contribution is -0.139. The Balaban J connectivity index is 1.40. The minimum Gasteiger partial charge on any atom is -0.496 e. The van der Waals surface area contributed by atoms with Gasteiger partial charge in [-0.1, -0.05) is 66.7 Å². The normalized spacial score (nSPS) is 18.1. The maximum atomic E-state index is 13.7. The summed E-state index contributed by atoms with van der Waals surface area (Å²) < 4.78 is 5.54. The second-order valence-corrected chi connectivity index (χ2v) is 12.0. The van der Waals surface area contributed by atoms with E-state index >= 15 is 0 Å². The molecule has 4 rings (SSSR count). The van der Waals surface area contributed by atoms with E-state index in [9.17, 15) is 9.59 Å². The van der Waals surface area contributed by atoms with Crippen molar-refractivity contribution in [1.29, 1.82) is 0 Å². The molecular formula is C31H43Cl2N5O3. The van der Waals surface area contributed by atoms with Crippen LogP contribution in [0, 0.1) is 0 Å². The lowest BCUT2D eigenvalue weighted by Crippen LogP contribution is -2.63. The zero-order valence-corrected chi connectivity index (χ0v) is 25.5. The number of halogens is 2. The number of hydrogen-bond donors (Lipinski definition) is 3. The fourth-order valence-corrected chi connectivity index (χ4v) is 6.71. The molecule has 0 bridgehead atoms. The number of piperazine rings is 1. The zero-order chi connectivity index (χ0) is 29.2. The maximum Gasteiger partial charge on any atom is 0.245 e. The minimum atomic E-state index is -0.717. The van der Waals surface area contributed by atoms with Gasteiger partial charge < -0.3 is 26.0 Å². The average Bonchev–Trinajstić information content (AvgIpc) is 2.98. The van der Waals surface area contributed by atoms with Crippen molar-refractivity contribution in [3.05, 3.63) is 63.6 Å². The van der Waals surface area contributed by atoms with Crippen molar-refractivity contribution in [2.24, 2.45) is 5.73 Å². The van der Waals surface area contributed by atoms with Gasteiger partial charge in [-0.05, 0) is 36.6 Å². The van der Waals surface area contributed by atoms with Crippen molar-refractivity contribution in [3.63, 3.8) is 0 Å². The molecule has 2 amide bonds. The van der Waals surface area contributed by atoms with Crippen molar-refractivity contribution >= 4 is 35.0 Å². The summed E-state index contributed by atoms with van der Waals surface area (Å²) in [7, 11) is 1.71. The maximum absolute atomic E-state index is 13.7. The molecule has 1 aliphatic heterocycles. The van der Waals surface area contributed by atoms with Crippen LogP contribution in [0.15, 0.2) is 42.5 Å². The molecule has 224 valence electrons. The fraction of sp³-hybridized carbons (Fsp3) is 0.548. The molecule has 1 saturated heterocycles. The van der Waals surface area contributed by atoms with E-state index in [0.717, 1.165) is 55.9 Å². The van der Waals surface area contributed by atoms with E-state index in [1.54, 1.807) is 19.2 Å². The van der Waals surface area contributed by atoms with Crippen LogP contribution in [-0.4, -0.2) is 79.6 Å². The quantitative estimate of drug-likeness (QED) is 0.339. The molecule has 1 unspecified atom stereocenters. The van der Waals surface area contributed by atoms with E-state index in [0.29, 0.717) is 29.6 Å². The third-order valence-electron chi connectivity index (χ3n) is 8.45. The van der Waals surface area contributed by atoms with Crippen molar-refractivity contribution in [3.8, 4) is 5.75 Å². The van der Waals surface area contributed by atoms with Gasteiger partial charge in [0.15, 0.2) is 0 Å². The van der Waals surface area contributed by atoms with Crippen molar-refractivity contribution < 1.29 is 14.3 Å². The van der Waals surface area contributed by atoms with Gasteiger partial charge in [-0.3, -0.25) is 14.5 Å². The Bertz CT molecular complexity index is 1170. The number of nitrogens with zero attached hydrogens (tertiary/aromatic N) is 2. The third kappa shape index (κ3) is 8.36. The highest BCUT2D eigenvalue weighted by Crippen LogP contribution is 2.34. The number of benzene rings is 2. The molecule has 0 radical (unpaired) electrons. The Labute approximate surface area is 253 Å². The van der Waals surface area contributed by atoms with Gasteiger partial charge in [0.05, 0.1) is 7.11 Å². The van der Waals surface area contributed by atoms with Crippen molar-refractivity contribution in [2.45, 2.75) is 63.1 Å². The number of para-hydroxylation sites is 1. The minimum absolute atomic E-state index is 0.0704. The molecule has 1 heterocycles. The Hall–Kier alpha value is -2.36. The van der Waals surface area contributed by atoms with Gasteiger partial charge in [0, 0.05) is 79.8 Å². The number of carbonyl (C=O) groups excluding carboxylic acids is 2. The van der Waals surface area contributed by atoms with Crippen molar-refractivity contribution in [2.75, 3.05) is 46.4 Å². The Morgan fingerprint density at radius 3 is 2.44 bits per heavy atom. The summed E-state index contributed by atoms with van der Waals surface area (Å²) >= 11 is 12.5. The third-order valence-corrected chi connectivity index (χ3v) is 9.04. The van der Waals surface area contributed by atoms with E-state index in [1.807, 2.05) is 29.2 Å². The van der Waals surface area contributed by atoms with Crippen LogP contribution in [0.25, 0.3) is 0 Å². The van der Waals surface area contributed by atoms with Crippen LogP contribution >= 0.6 is 23.2 Å². The van der Waals surface area contributed by atoms with Gasteiger partial charge in [0.1, 0.15) is 11.8 Å². The summed E-state index contributed by atoms with van der Waals surface area (Å²) in [6, 6.07) is 12.6. The van der Waals surface area contributed by atoms with Crippen LogP contribution in [-0.2, 0) is 22.6 Å². The van der Waals surface area contributed by atoms with Crippen LogP contribution in [0.5, 0.6) is 5.75 Å². The Morgan fingerprint density at radius 1 is 1.02 bits per heavy atom. The summed E-state index contributed by atoms with van der Waals surface area (Å²) in [5.74, 6) is 0.572. The van der Waals surface area contributed by atoms with E-state index in [-0.39, 0.29) is 30.3 Å². The van der Waals surface area contributed by atoms with Crippen LogP contribution < -0.4 is 21.1 Å².